The van der Waals surface area contributed by atoms with Crippen molar-refractivity contribution in [1.29, 1.82) is 0 Å². The monoisotopic (exact) mass is 360 g/mol. The van der Waals surface area contributed by atoms with Gasteiger partial charge in [-0.2, -0.15) is 0 Å². The molecule has 134 valence electrons. The van der Waals surface area contributed by atoms with E-state index in [9.17, 15) is 14.4 Å². The molecule has 2 bridgehead atoms. The Morgan fingerprint density at radius 2 is 1.85 bits per heavy atom. The van der Waals surface area contributed by atoms with Crippen LogP contribution in [0, 0.1) is 18.8 Å². The van der Waals surface area contributed by atoms with E-state index in [1.165, 1.54) is 0 Å². The highest BCUT2D eigenvalue weighted by Crippen LogP contribution is 2.64. The standard InChI is InChI=1S/C22H16O5/c1-3-16(23)27-22-14-7-5-4-6-12(14)17(13-9-8-11(2)10-15(13)22)18-19(22)21(25)26-20(18)24/h3-10,17-19H,1H2,2H3. The largest absolute Gasteiger partial charge is 0.445 e. The van der Waals surface area contributed by atoms with E-state index in [4.69, 9.17) is 9.47 Å². The van der Waals surface area contributed by atoms with Crippen LogP contribution in [0.3, 0.4) is 0 Å². The van der Waals surface area contributed by atoms with Crippen LogP contribution >= 0.6 is 0 Å². The molecule has 27 heavy (non-hydrogen) atoms. The number of hydrogen-bond acceptors (Lipinski definition) is 5. The van der Waals surface area contributed by atoms with Gasteiger partial charge in [-0.1, -0.05) is 54.6 Å². The Morgan fingerprint density at radius 3 is 2.63 bits per heavy atom. The number of ether oxygens (including phenoxy) is 2. The van der Waals surface area contributed by atoms with Crippen LogP contribution in [0.4, 0.5) is 0 Å². The third-order valence-corrected chi connectivity index (χ3v) is 5.95. The van der Waals surface area contributed by atoms with Crippen molar-refractivity contribution in [2.24, 2.45) is 11.8 Å². The quantitative estimate of drug-likeness (QED) is 0.468. The molecule has 2 aromatic rings. The molecule has 0 aromatic heterocycles. The summed E-state index contributed by atoms with van der Waals surface area (Å²) in [6.45, 7) is 5.43. The zero-order valence-electron chi connectivity index (χ0n) is 14.6. The minimum atomic E-state index is -1.40. The molecule has 3 aliphatic carbocycles. The Bertz CT molecular complexity index is 1050. The van der Waals surface area contributed by atoms with Crippen LogP contribution in [0.15, 0.2) is 55.1 Å². The molecule has 1 fully saturated rings. The molecular formula is C22H16O5. The van der Waals surface area contributed by atoms with Crippen molar-refractivity contribution in [3.8, 4) is 0 Å². The number of aryl methyl sites for hydroxylation is 1. The van der Waals surface area contributed by atoms with Crippen LogP contribution < -0.4 is 0 Å². The fraction of sp³-hybridized carbons (Fsp3) is 0.227. The molecule has 0 radical (unpaired) electrons. The van der Waals surface area contributed by atoms with E-state index in [0.717, 1.165) is 33.9 Å². The summed E-state index contributed by atoms with van der Waals surface area (Å²) in [7, 11) is 0. The van der Waals surface area contributed by atoms with Crippen LogP contribution in [-0.4, -0.2) is 17.9 Å². The zero-order chi connectivity index (χ0) is 18.9. The average Bonchev–Trinajstić information content (AvgIpc) is 2.97. The van der Waals surface area contributed by atoms with Gasteiger partial charge in [0, 0.05) is 23.1 Å². The van der Waals surface area contributed by atoms with Crippen LogP contribution in [0.5, 0.6) is 0 Å². The summed E-state index contributed by atoms with van der Waals surface area (Å²) in [4.78, 5) is 37.7. The predicted octanol–water partition coefficient (Wildman–Crippen LogP) is 2.74. The number of hydrogen-bond donors (Lipinski definition) is 0. The second kappa shape index (κ2) is 5.16. The summed E-state index contributed by atoms with van der Waals surface area (Å²) in [6, 6.07) is 13.3. The number of rotatable bonds is 2. The first-order valence-electron chi connectivity index (χ1n) is 8.80. The number of carbonyl (C=O) groups is 3. The van der Waals surface area contributed by atoms with Gasteiger partial charge in [0.25, 0.3) is 0 Å². The van der Waals surface area contributed by atoms with Crippen LogP contribution in [-0.2, 0) is 29.5 Å². The van der Waals surface area contributed by atoms with Gasteiger partial charge in [0.1, 0.15) is 5.92 Å². The van der Waals surface area contributed by atoms with Crippen molar-refractivity contribution >= 4 is 17.9 Å². The molecule has 1 heterocycles. The topological polar surface area (TPSA) is 69.7 Å². The predicted molar refractivity (Wildman–Crippen MR) is 94.6 cm³/mol. The summed E-state index contributed by atoms with van der Waals surface area (Å²) < 4.78 is 11.0. The minimum Gasteiger partial charge on any atom is -0.445 e. The first kappa shape index (κ1) is 16.0. The SMILES string of the molecule is C=CC(=O)OC12c3ccccc3C(c3ccc(C)cc31)C1C(=O)OC(=O)C12. The molecule has 0 saturated carbocycles. The summed E-state index contributed by atoms with van der Waals surface area (Å²) in [5.41, 5.74) is 2.83. The zero-order valence-corrected chi connectivity index (χ0v) is 14.6. The van der Waals surface area contributed by atoms with E-state index in [0.29, 0.717) is 0 Å². The molecule has 5 heteroatoms. The minimum absolute atomic E-state index is 0.301. The normalized spacial score (nSPS) is 29.4. The van der Waals surface area contributed by atoms with Crippen LogP contribution in [0.1, 0.15) is 33.7 Å². The van der Waals surface area contributed by atoms with Crippen molar-refractivity contribution in [3.63, 3.8) is 0 Å². The molecule has 0 amide bonds. The van der Waals surface area contributed by atoms with Crippen molar-refractivity contribution in [2.75, 3.05) is 0 Å². The highest BCUT2D eigenvalue weighted by Gasteiger charge is 2.69. The number of carbonyl (C=O) groups excluding carboxylic acids is 3. The van der Waals surface area contributed by atoms with Crippen LogP contribution in [0.25, 0.3) is 0 Å². The smallest absolute Gasteiger partial charge is 0.331 e. The highest BCUT2D eigenvalue weighted by molar-refractivity contribution is 6.01. The van der Waals surface area contributed by atoms with Crippen molar-refractivity contribution < 1.29 is 23.9 Å². The van der Waals surface area contributed by atoms with E-state index in [2.05, 4.69) is 6.58 Å². The summed E-state index contributed by atoms with van der Waals surface area (Å²) in [5.74, 6) is -3.76. The second-order valence-electron chi connectivity index (χ2n) is 7.26. The van der Waals surface area contributed by atoms with E-state index in [-0.39, 0.29) is 5.92 Å². The second-order valence-corrected chi connectivity index (χ2v) is 7.26. The van der Waals surface area contributed by atoms with Gasteiger partial charge in [0.05, 0.1) is 5.92 Å². The van der Waals surface area contributed by atoms with Gasteiger partial charge in [-0.05, 0) is 18.1 Å². The number of esters is 3. The number of benzene rings is 2. The number of cyclic esters (lactones) is 2. The van der Waals surface area contributed by atoms with Gasteiger partial charge < -0.3 is 9.47 Å². The van der Waals surface area contributed by atoms with Crippen molar-refractivity contribution in [1.82, 2.24) is 0 Å². The highest BCUT2D eigenvalue weighted by atomic mass is 16.6. The third-order valence-electron chi connectivity index (χ3n) is 5.95. The molecule has 0 spiro atoms. The Morgan fingerprint density at radius 1 is 1.11 bits per heavy atom. The van der Waals surface area contributed by atoms with E-state index >= 15 is 0 Å². The van der Waals surface area contributed by atoms with E-state index in [1.54, 1.807) is 0 Å². The third kappa shape index (κ3) is 1.81. The maximum atomic E-state index is 12.7. The summed E-state index contributed by atoms with van der Waals surface area (Å²) in [6.07, 6.45) is 1.07. The van der Waals surface area contributed by atoms with Crippen molar-refractivity contribution in [3.05, 3.63) is 82.9 Å². The molecule has 1 saturated heterocycles. The Kier molecular flexibility index (Phi) is 3.06. The average molecular weight is 360 g/mol. The maximum absolute atomic E-state index is 12.7. The Hall–Kier alpha value is -3.21. The van der Waals surface area contributed by atoms with Gasteiger partial charge in [-0.15, -0.1) is 0 Å². The Labute approximate surface area is 155 Å². The lowest BCUT2D eigenvalue weighted by Crippen LogP contribution is -2.55. The van der Waals surface area contributed by atoms with Gasteiger partial charge in [-0.25, -0.2) is 4.79 Å². The van der Waals surface area contributed by atoms with Gasteiger partial charge in [-0.3, -0.25) is 9.59 Å². The molecule has 0 N–H and O–H groups in total. The lowest BCUT2D eigenvalue weighted by atomic mass is 9.52. The fourth-order valence-corrected chi connectivity index (χ4v) is 5.04. The fourth-order valence-electron chi connectivity index (χ4n) is 5.04. The summed E-state index contributed by atoms with van der Waals surface area (Å²) in [5, 5.41) is 0. The first-order chi connectivity index (χ1) is 13.0. The molecule has 2 aromatic carbocycles. The Balaban J connectivity index is 1.92. The van der Waals surface area contributed by atoms with Crippen molar-refractivity contribution in [2.45, 2.75) is 18.4 Å². The van der Waals surface area contributed by atoms with Gasteiger partial charge >= 0.3 is 17.9 Å². The maximum Gasteiger partial charge on any atom is 0.331 e. The molecular weight excluding hydrogens is 344 g/mol. The molecule has 4 unspecified atom stereocenters. The lowest BCUT2D eigenvalue weighted by Gasteiger charge is -2.52. The molecule has 4 atom stereocenters. The molecule has 4 aliphatic rings. The summed E-state index contributed by atoms with van der Waals surface area (Å²) >= 11 is 0. The molecule has 5 nitrogen and oxygen atoms in total. The van der Waals surface area contributed by atoms with Gasteiger partial charge in [0.15, 0.2) is 5.60 Å². The van der Waals surface area contributed by atoms with Crippen LogP contribution in [0.2, 0.25) is 0 Å². The van der Waals surface area contributed by atoms with E-state index in [1.807, 2.05) is 49.4 Å². The first-order valence-corrected chi connectivity index (χ1v) is 8.80. The molecule has 6 rings (SSSR count). The lowest BCUT2D eigenvalue weighted by molar-refractivity contribution is -0.166. The van der Waals surface area contributed by atoms with Gasteiger partial charge in [0.2, 0.25) is 0 Å². The molecule has 1 aliphatic heterocycles. The van der Waals surface area contributed by atoms with E-state index < -0.39 is 35.3 Å².